The predicted octanol–water partition coefficient (Wildman–Crippen LogP) is 2.83. The molecule has 0 amide bonds. The minimum Gasteiger partial charge on any atom is -0.479 e. The van der Waals surface area contributed by atoms with Crippen molar-refractivity contribution in [2.75, 3.05) is 0 Å². The molecule has 6 heteroatoms. The molecule has 0 spiro atoms. The Morgan fingerprint density at radius 1 is 1.50 bits per heavy atom. The smallest absolute Gasteiger partial charge is 0.341 e. The Morgan fingerprint density at radius 3 is 2.78 bits per heavy atom. The van der Waals surface area contributed by atoms with Gasteiger partial charge in [-0.2, -0.15) is 0 Å². The SMILES string of the molecule is CC(O)(c1cc2cc(Br)ccc2o1)C(F)C(=O)O. The molecular formula is C12H10BrFO4. The number of hydrogen-bond acceptors (Lipinski definition) is 3. The highest BCUT2D eigenvalue weighted by Gasteiger charge is 2.42. The van der Waals surface area contributed by atoms with E-state index >= 15 is 0 Å². The van der Waals surface area contributed by atoms with E-state index in [-0.39, 0.29) is 5.76 Å². The number of aliphatic hydroxyl groups is 1. The second-order valence-corrected chi connectivity index (χ2v) is 5.06. The Kier molecular flexibility index (Phi) is 3.16. The molecule has 0 radical (unpaired) electrons. The summed E-state index contributed by atoms with van der Waals surface area (Å²) in [5.74, 6) is -1.85. The van der Waals surface area contributed by atoms with Crippen molar-refractivity contribution in [2.45, 2.75) is 18.7 Å². The standard InChI is InChI=1S/C12H10BrFO4/c1-12(17,10(14)11(15)16)9-5-6-4-7(13)2-3-8(6)18-9/h2-5,10,17H,1H3,(H,15,16). The molecule has 0 fully saturated rings. The summed E-state index contributed by atoms with van der Waals surface area (Å²) in [5, 5.41) is 19.2. The molecule has 0 saturated heterocycles. The van der Waals surface area contributed by atoms with Gasteiger partial charge in [0.25, 0.3) is 0 Å². The van der Waals surface area contributed by atoms with Gasteiger partial charge in [0.05, 0.1) is 0 Å². The van der Waals surface area contributed by atoms with Gasteiger partial charge in [-0.05, 0) is 31.2 Å². The first-order valence-corrected chi connectivity index (χ1v) is 5.90. The quantitative estimate of drug-likeness (QED) is 0.913. The molecule has 1 aromatic heterocycles. The summed E-state index contributed by atoms with van der Waals surface area (Å²) in [6.07, 6.45) is -2.46. The number of hydrogen-bond donors (Lipinski definition) is 2. The Bertz CT molecular complexity index is 605. The highest BCUT2D eigenvalue weighted by atomic mass is 79.9. The number of aliphatic carboxylic acids is 1. The summed E-state index contributed by atoms with van der Waals surface area (Å²) in [6, 6.07) is 6.53. The number of carboxylic acids is 1. The number of fused-ring (bicyclic) bond motifs is 1. The van der Waals surface area contributed by atoms with E-state index in [0.29, 0.717) is 11.0 Å². The molecule has 2 rings (SSSR count). The van der Waals surface area contributed by atoms with Gasteiger partial charge >= 0.3 is 5.97 Å². The highest BCUT2D eigenvalue weighted by molar-refractivity contribution is 9.10. The fourth-order valence-electron chi connectivity index (χ4n) is 1.63. The molecular weight excluding hydrogens is 307 g/mol. The molecule has 0 bridgehead atoms. The van der Waals surface area contributed by atoms with Crippen LogP contribution in [0.1, 0.15) is 12.7 Å². The highest BCUT2D eigenvalue weighted by Crippen LogP contribution is 2.33. The number of benzene rings is 1. The van der Waals surface area contributed by atoms with E-state index in [2.05, 4.69) is 15.9 Å². The lowest BCUT2D eigenvalue weighted by Crippen LogP contribution is -2.38. The Hall–Kier alpha value is -1.40. The van der Waals surface area contributed by atoms with Crippen LogP contribution in [0.25, 0.3) is 11.0 Å². The average Bonchev–Trinajstić information content (AvgIpc) is 2.71. The van der Waals surface area contributed by atoms with Crippen molar-refractivity contribution in [1.29, 1.82) is 0 Å². The normalized spacial score (nSPS) is 16.4. The molecule has 0 aliphatic rings. The Morgan fingerprint density at radius 2 is 2.17 bits per heavy atom. The van der Waals surface area contributed by atoms with E-state index in [1.807, 2.05) is 0 Å². The van der Waals surface area contributed by atoms with Crippen molar-refractivity contribution in [3.8, 4) is 0 Å². The zero-order chi connectivity index (χ0) is 13.5. The van der Waals surface area contributed by atoms with Gasteiger partial charge in [0.1, 0.15) is 11.3 Å². The number of carbonyl (C=O) groups is 1. The molecule has 0 saturated carbocycles. The molecule has 4 nitrogen and oxygen atoms in total. The van der Waals surface area contributed by atoms with Crippen molar-refractivity contribution >= 4 is 32.9 Å². The van der Waals surface area contributed by atoms with E-state index in [4.69, 9.17) is 9.52 Å². The van der Waals surface area contributed by atoms with Crippen LogP contribution in [-0.2, 0) is 10.4 Å². The molecule has 18 heavy (non-hydrogen) atoms. The lowest BCUT2D eigenvalue weighted by molar-refractivity contribution is -0.155. The van der Waals surface area contributed by atoms with Crippen LogP contribution in [0, 0.1) is 0 Å². The van der Waals surface area contributed by atoms with Gasteiger partial charge < -0.3 is 14.6 Å². The van der Waals surface area contributed by atoms with Crippen molar-refractivity contribution in [3.05, 3.63) is 34.5 Å². The fourth-order valence-corrected chi connectivity index (χ4v) is 2.01. The topological polar surface area (TPSA) is 70.7 Å². The van der Waals surface area contributed by atoms with E-state index in [0.717, 1.165) is 11.4 Å². The van der Waals surface area contributed by atoms with Crippen molar-refractivity contribution in [3.63, 3.8) is 0 Å². The fraction of sp³-hybridized carbons (Fsp3) is 0.250. The summed E-state index contributed by atoms with van der Waals surface area (Å²) in [4.78, 5) is 10.6. The maximum atomic E-state index is 13.5. The lowest BCUT2D eigenvalue weighted by Gasteiger charge is -2.21. The van der Waals surface area contributed by atoms with Gasteiger partial charge in [-0.1, -0.05) is 15.9 Å². The van der Waals surface area contributed by atoms with Crippen LogP contribution >= 0.6 is 15.9 Å². The summed E-state index contributed by atoms with van der Waals surface area (Å²) >= 11 is 3.27. The summed E-state index contributed by atoms with van der Waals surface area (Å²) in [5.41, 5.74) is -1.76. The van der Waals surface area contributed by atoms with Crippen LogP contribution in [0.3, 0.4) is 0 Å². The summed E-state index contributed by atoms with van der Waals surface area (Å²) in [7, 11) is 0. The molecule has 1 aromatic carbocycles. The van der Waals surface area contributed by atoms with Gasteiger partial charge in [0, 0.05) is 9.86 Å². The molecule has 2 unspecified atom stereocenters. The summed E-state index contributed by atoms with van der Waals surface area (Å²) in [6.45, 7) is 1.07. The van der Waals surface area contributed by atoms with Crippen LogP contribution < -0.4 is 0 Å². The maximum Gasteiger partial charge on any atom is 0.341 e. The van der Waals surface area contributed by atoms with E-state index in [1.165, 1.54) is 6.07 Å². The number of alkyl halides is 1. The van der Waals surface area contributed by atoms with E-state index in [1.54, 1.807) is 18.2 Å². The first-order chi connectivity index (χ1) is 8.32. The largest absolute Gasteiger partial charge is 0.479 e. The number of furan rings is 1. The third-order valence-corrected chi connectivity index (χ3v) is 3.18. The van der Waals surface area contributed by atoms with Gasteiger partial charge in [-0.3, -0.25) is 0 Å². The number of carboxylic acid groups (broad SMARTS) is 1. The zero-order valence-corrected chi connectivity index (χ0v) is 10.9. The molecule has 2 atom stereocenters. The van der Waals surface area contributed by atoms with Crippen LogP contribution in [0.5, 0.6) is 0 Å². The van der Waals surface area contributed by atoms with Gasteiger partial charge in [0.2, 0.25) is 6.17 Å². The third kappa shape index (κ3) is 2.13. The zero-order valence-electron chi connectivity index (χ0n) is 9.35. The molecule has 2 aromatic rings. The van der Waals surface area contributed by atoms with Crippen LogP contribution in [-0.4, -0.2) is 22.4 Å². The number of rotatable bonds is 3. The Labute approximate surface area is 110 Å². The van der Waals surface area contributed by atoms with Crippen LogP contribution in [0.4, 0.5) is 4.39 Å². The molecule has 0 aliphatic heterocycles. The second kappa shape index (κ2) is 4.37. The molecule has 0 aliphatic carbocycles. The minimum absolute atomic E-state index is 0.120. The number of halogens is 2. The first-order valence-electron chi connectivity index (χ1n) is 5.11. The van der Waals surface area contributed by atoms with E-state index < -0.39 is 17.7 Å². The molecule has 96 valence electrons. The van der Waals surface area contributed by atoms with Crippen LogP contribution in [0.15, 0.2) is 33.2 Å². The first kappa shape index (κ1) is 13.0. The van der Waals surface area contributed by atoms with Crippen molar-refractivity contribution < 1.29 is 23.8 Å². The van der Waals surface area contributed by atoms with Crippen molar-refractivity contribution in [1.82, 2.24) is 0 Å². The van der Waals surface area contributed by atoms with Crippen molar-refractivity contribution in [2.24, 2.45) is 0 Å². The third-order valence-electron chi connectivity index (χ3n) is 2.69. The van der Waals surface area contributed by atoms with Gasteiger partial charge in [-0.25, -0.2) is 9.18 Å². The monoisotopic (exact) mass is 316 g/mol. The van der Waals surface area contributed by atoms with Gasteiger partial charge in [0.15, 0.2) is 5.60 Å². The lowest BCUT2D eigenvalue weighted by atomic mass is 9.97. The van der Waals surface area contributed by atoms with E-state index in [9.17, 15) is 14.3 Å². The Balaban J connectivity index is 2.50. The molecule has 1 heterocycles. The van der Waals surface area contributed by atoms with Gasteiger partial charge in [-0.15, -0.1) is 0 Å². The average molecular weight is 317 g/mol. The minimum atomic E-state index is -2.46. The van der Waals surface area contributed by atoms with Crippen LogP contribution in [0.2, 0.25) is 0 Å². The second-order valence-electron chi connectivity index (χ2n) is 4.14. The maximum absolute atomic E-state index is 13.5. The predicted molar refractivity (Wildman–Crippen MR) is 66.0 cm³/mol. The summed E-state index contributed by atoms with van der Waals surface area (Å²) < 4.78 is 19.6. The molecule has 2 N–H and O–H groups in total.